The molecule has 372 valence electrons. The van der Waals surface area contributed by atoms with E-state index in [9.17, 15) is 0 Å². The highest BCUT2D eigenvalue weighted by molar-refractivity contribution is 6.15. The predicted molar refractivity (Wildman–Crippen MR) is 345 cm³/mol. The highest BCUT2D eigenvalue weighted by atomic mass is 14.2. The molecule has 0 amide bonds. The van der Waals surface area contributed by atoms with Gasteiger partial charge in [0.15, 0.2) is 0 Å². The molecule has 0 unspecified atom stereocenters. The fourth-order valence-electron chi connectivity index (χ4n) is 12.4. The standard InChI is InChI=1S/C80H52/c1-5-17-57(18-6-1)77(58-19-7-2-8-20-58)79-61-37-29-53(30-38-61)73-49-69-45-65-25-13-15-27-67(65)47-71(69)51-75(73)55-33-41-63(42-34-55)80(78(59-21-9-3-10-22-59)60-23-11-4-12-24-60)64-43-35-56(36-44-64)76-52-72-48-68-28-16-14-26-66(68)46-70(72)50-74(76)54-31-39-62(79)40-32-54/h1-52H. The molecule has 0 spiro atoms. The molecule has 0 radical (unpaired) electrons. The van der Waals surface area contributed by atoms with Crippen molar-refractivity contribution in [2.45, 2.75) is 0 Å². The molecule has 21 rings (SSSR count). The largest absolute Gasteiger partial charge is 0.0622 e. The summed E-state index contributed by atoms with van der Waals surface area (Å²) in [6, 6.07) is 117. The molecule has 0 heterocycles. The molecule has 80 heavy (non-hydrogen) atoms. The van der Waals surface area contributed by atoms with Gasteiger partial charge in [0, 0.05) is 0 Å². The Labute approximate surface area is 464 Å². The first-order valence-corrected chi connectivity index (χ1v) is 27.7. The summed E-state index contributed by atoms with van der Waals surface area (Å²) in [4.78, 5) is 0. The molecule has 0 saturated carbocycles. The summed E-state index contributed by atoms with van der Waals surface area (Å²) < 4.78 is 0. The van der Waals surface area contributed by atoms with Gasteiger partial charge >= 0.3 is 0 Å². The average molecular weight is 1010 g/mol. The molecule has 0 fully saturated rings. The van der Waals surface area contributed by atoms with Gasteiger partial charge in [0.25, 0.3) is 0 Å². The van der Waals surface area contributed by atoms with Gasteiger partial charge in [0.2, 0.25) is 0 Å². The summed E-state index contributed by atoms with van der Waals surface area (Å²) in [5, 5.41) is 26.2. The van der Waals surface area contributed by atoms with Gasteiger partial charge in [-0.25, -0.2) is 0 Å². The van der Waals surface area contributed by atoms with Crippen molar-refractivity contribution in [3.63, 3.8) is 0 Å². The van der Waals surface area contributed by atoms with Crippen LogP contribution in [-0.4, -0.2) is 0 Å². The van der Waals surface area contributed by atoms with Gasteiger partial charge in [0.05, 0.1) is 0 Å². The summed E-state index contributed by atoms with van der Waals surface area (Å²) in [6.45, 7) is 0. The van der Waals surface area contributed by atoms with Crippen molar-refractivity contribution in [2.24, 2.45) is 0 Å². The minimum absolute atomic E-state index is 1.15. The van der Waals surface area contributed by atoms with Crippen LogP contribution in [0.3, 0.4) is 0 Å². The van der Waals surface area contributed by atoms with E-state index in [0.717, 1.165) is 43.1 Å². The van der Waals surface area contributed by atoms with Crippen LogP contribution in [0.1, 0.15) is 22.3 Å². The van der Waals surface area contributed by atoms with Crippen molar-refractivity contribution < 1.29 is 0 Å². The van der Waals surface area contributed by atoms with Gasteiger partial charge < -0.3 is 0 Å². The Morgan fingerprint density at radius 2 is 0.325 bits per heavy atom. The third kappa shape index (κ3) is 8.52. The van der Waals surface area contributed by atoms with Crippen molar-refractivity contribution in [3.8, 4) is 0 Å². The molecule has 0 aliphatic rings. The number of fused-ring (bicyclic) bond motifs is 4. The SMILES string of the molecule is c1ccc(C(c2ccccc2)=c2c3ccc(cc3)c3cc4cc5ccccc5cc4cc3c3ccc(cc3)c(=C(c3ccccc3)c3ccccc3)c3ccc(cc3)c3cc4cc5ccccc5cc4cc3c3ccc2cc3)cc1. The Morgan fingerprint density at radius 3 is 0.537 bits per heavy atom. The van der Waals surface area contributed by atoms with E-state index in [-0.39, 0.29) is 0 Å². The van der Waals surface area contributed by atoms with E-state index in [1.54, 1.807) is 0 Å². The van der Waals surface area contributed by atoms with Crippen molar-refractivity contribution in [1.29, 1.82) is 0 Å². The molecule has 0 heteroatoms. The first-order chi connectivity index (χ1) is 39.6. The lowest BCUT2D eigenvalue weighted by Crippen LogP contribution is -2.10. The third-order valence-corrected chi connectivity index (χ3v) is 16.4. The summed E-state index contributed by atoms with van der Waals surface area (Å²) >= 11 is 0. The second kappa shape index (κ2) is 19.9. The first kappa shape index (κ1) is 46.9. The fraction of sp³-hybridized carbons (Fsp3) is 0. The minimum atomic E-state index is 1.15. The Bertz CT molecular complexity index is 4520. The fourth-order valence-corrected chi connectivity index (χ4v) is 12.4. The Kier molecular flexibility index (Phi) is 11.6. The van der Waals surface area contributed by atoms with Gasteiger partial charge in [-0.1, -0.05) is 267 Å². The van der Waals surface area contributed by atoms with Crippen LogP contribution < -0.4 is 10.4 Å². The van der Waals surface area contributed by atoms with E-state index in [1.807, 2.05) is 0 Å². The minimum Gasteiger partial charge on any atom is -0.0622 e. The lowest BCUT2D eigenvalue weighted by atomic mass is 9.92. The van der Waals surface area contributed by atoms with Crippen molar-refractivity contribution in [2.75, 3.05) is 0 Å². The van der Waals surface area contributed by atoms with Crippen molar-refractivity contribution in [3.05, 3.63) is 348 Å². The van der Waals surface area contributed by atoms with Crippen LogP contribution in [0.15, 0.2) is 315 Å². The lowest BCUT2D eigenvalue weighted by Gasteiger charge is -2.12. The first-order valence-electron chi connectivity index (χ1n) is 27.7. The molecular formula is C80H52. The maximum Gasteiger partial charge on any atom is -0.00268 e. The van der Waals surface area contributed by atoms with E-state index < -0.39 is 0 Å². The Balaban J connectivity index is 1.14. The topological polar surface area (TPSA) is 0 Å². The van der Waals surface area contributed by atoms with Crippen molar-refractivity contribution in [1.82, 2.24) is 0 Å². The molecule has 21 aromatic rings. The maximum atomic E-state index is 2.41. The summed E-state index contributed by atoms with van der Waals surface area (Å²) in [5.41, 5.74) is 7.05. The summed E-state index contributed by atoms with van der Waals surface area (Å²) in [6.07, 6.45) is 0. The molecule has 0 aliphatic carbocycles. The van der Waals surface area contributed by atoms with Gasteiger partial charge in [-0.15, -0.1) is 0 Å². The average Bonchev–Trinajstić information content (AvgIpc) is 3.60. The van der Waals surface area contributed by atoms with Gasteiger partial charge in [-0.3, -0.25) is 0 Å². The third-order valence-electron chi connectivity index (χ3n) is 16.4. The highest BCUT2D eigenvalue weighted by Gasteiger charge is 2.13. The molecule has 0 N–H and O–H groups in total. The van der Waals surface area contributed by atoms with Crippen LogP contribution in [0, 0.1) is 0 Å². The molecule has 0 atom stereocenters. The van der Waals surface area contributed by atoms with Crippen LogP contribution in [-0.2, 0) is 0 Å². The van der Waals surface area contributed by atoms with Crippen LogP contribution in [0.5, 0.6) is 0 Å². The number of rotatable bonds is 4. The Morgan fingerprint density at radius 1 is 0.138 bits per heavy atom. The smallest absolute Gasteiger partial charge is 0.00268 e. The van der Waals surface area contributed by atoms with Crippen LogP contribution in [0.2, 0.25) is 0 Å². The van der Waals surface area contributed by atoms with E-state index in [2.05, 4.69) is 315 Å². The monoisotopic (exact) mass is 1010 g/mol. The van der Waals surface area contributed by atoms with Crippen LogP contribution in [0.25, 0.3) is 119 Å². The van der Waals surface area contributed by atoms with Gasteiger partial charge in [-0.2, -0.15) is 0 Å². The van der Waals surface area contributed by atoms with E-state index >= 15 is 0 Å². The van der Waals surface area contributed by atoms with E-state index in [4.69, 9.17) is 0 Å². The quantitative estimate of drug-likeness (QED) is 0.154. The van der Waals surface area contributed by atoms with Crippen LogP contribution in [0.4, 0.5) is 0 Å². The molecule has 0 nitrogen and oxygen atoms in total. The summed E-state index contributed by atoms with van der Waals surface area (Å²) in [5.74, 6) is 0. The normalized spacial score (nSPS) is 11.5. The second-order valence-corrected chi connectivity index (χ2v) is 21.2. The predicted octanol–water partition coefficient (Wildman–Crippen LogP) is 20.0. The number of benzene rings is 14. The number of hydrogen-bond acceptors (Lipinski definition) is 0. The summed E-state index contributed by atoms with van der Waals surface area (Å²) in [7, 11) is 0. The molecule has 0 saturated heterocycles. The van der Waals surface area contributed by atoms with E-state index in [1.165, 1.54) is 108 Å². The highest BCUT2D eigenvalue weighted by Crippen LogP contribution is 2.35. The molecule has 8 bridgehead atoms. The van der Waals surface area contributed by atoms with Gasteiger partial charge in [0.1, 0.15) is 0 Å². The molecule has 21 aromatic carbocycles. The lowest BCUT2D eigenvalue weighted by molar-refractivity contribution is 1.52. The zero-order valence-electron chi connectivity index (χ0n) is 44.0. The van der Waals surface area contributed by atoms with Crippen LogP contribution >= 0.6 is 0 Å². The maximum absolute atomic E-state index is 2.41. The Hall–Kier alpha value is -10.4. The molecular weight excluding hydrogens is 961 g/mol. The molecule has 0 aliphatic heterocycles. The molecule has 0 aromatic heterocycles. The second-order valence-electron chi connectivity index (χ2n) is 21.2. The zero-order valence-corrected chi connectivity index (χ0v) is 44.0. The van der Waals surface area contributed by atoms with Gasteiger partial charge in [-0.05, 0) is 200 Å². The zero-order chi connectivity index (χ0) is 52.9. The van der Waals surface area contributed by atoms with E-state index in [0.29, 0.717) is 0 Å². The number of hydrogen-bond donors (Lipinski definition) is 0. The van der Waals surface area contributed by atoms with Crippen molar-refractivity contribution >= 4 is 119 Å².